The molecule has 0 aromatic rings. The fourth-order valence-corrected chi connectivity index (χ4v) is 0.496. The molecule has 1 aliphatic rings. The van der Waals surface area contributed by atoms with Gasteiger partial charge in [0.2, 0.25) is 5.95 Å². The van der Waals surface area contributed by atoms with Crippen LogP contribution in [-0.2, 0) is 0 Å². The van der Waals surface area contributed by atoms with Crippen molar-refractivity contribution in [3.05, 3.63) is 12.0 Å². The van der Waals surface area contributed by atoms with E-state index in [-0.39, 0.29) is 11.1 Å². The third kappa shape index (κ3) is 1.38. The number of hydrogen-bond acceptors (Lipinski definition) is 3. The first-order chi connectivity index (χ1) is 4.18. The van der Waals surface area contributed by atoms with Crippen LogP contribution in [0.1, 0.15) is 6.92 Å². The molecule has 3 nitrogen and oxygen atoms in total. The minimum Gasteiger partial charge on any atom is -0.227 e. The summed E-state index contributed by atoms with van der Waals surface area (Å²) < 4.78 is 24.0. The Bertz CT molecular complexity index is 175. The molecule has 1 rings (SSSR count). The zero-order valence-corrected chi connectivity index (χ0v) is 4.73. The van der Waals surface area contributed by atoms with Crippen LogP contribution in [0.4, 0.5) is 8.87 Å². The van der Waals surface area contributed by atoms with E-state index in [1.54, 1.807) is 5.43 Å². The standard InChI is InChI=1S/C4H5F2N3/c1-3-2-4(5)8-9(6)7-3/h2,8H,1H3. The van der Waals surface area contributed by atoms with Crippen molar-refractivity contribution in [1.82, 2.24) is 10.8 Å². The molecule has 0 spiro atoms. The summed E-state index contributed by atoms with van der Waals surface area (Å²) in [4.78, 5) is 0. The number of rotatable bonds is 0. The Balaban J connectivity index is 2.74. The molecule has 0 fully saturated rings. The van der Waals surface area contributed by atoms with Crippen LogP contribution in [-0.4, -0.2) is 11.1 Å². The summed E-state index contributed by atoms with van der Waals surface area (Å²) in [6.45, 7) is 1.49. The molecule has 0 aromatic heterocycles. The van der Waals surface area contributed by atoms with E-state index in [1.165, 1.54) is 6.92 Å². The van der Waals surface area contributed by atoms with E-state index in [2.05, 4.69) is 5.10 Å². The van der Waals surface area contributed by atoms with E-state index < -0.39 is 5.95 Å². The smallest absolute Gasteiger partial charge is 0.210 e. The quantitative estimate of drug-likeness (QED) is 0.392. The van der Waals surface area contributed by atoms with Crippen molar-refractivity contribution in [1.29, 1.82) is 0 Å². The topological polar surface area (TPSA) is 27.6 Å². The molecular formula is C4H5F2N3. The monoisotopic (exact) mass is 133 g/mol. The van der Waals surface area contributed by atoms with Gasteiger partial charge in [-0.15, -0.1) is 5.10 Å². The lowest BCUT2D eigenvalue weighted by Crippen LogP contribution is -2.28. The molecule has 0 unspecified atom stereocenters. The van der Waals surface area contributed by atoms with E-state index in [9.17, 15) is 8.87 Å². The number of hydrazine groups is 1. The highest BCUT2D eigenvalue weighted by Crippen LogP contribution is 2.02. The molecule has 9 heavy (non-hydrogen) atoms. The maximum Gasteiger partial charge on any atom is 0.210 e. The Morgan fingerprint density at radius 2 is 2.44 bits per heavy atom. The van der Waals surface area contributed by atoms with Crippen LogP contribution in [0.25, 0.3) is 0 Å². The van der Waals surface area contributed by atoms with Crippen molar-refractivity contribution >= 4 is 5.71 Å². The SMILES string of the molecule is CC1=NN(F)NC(F)=C1. The van der Waals surface area contributed by atoms with Crippen LogP contribution >= 0.6 is 0 Å². The summed E-state index contributed by atoms with van der Waals surface area (Å²) >= 11 is 0. The number of nitrogens with one attached hydrogen (secondary N) is 1. The summed E-state index contributed by atoms with van der Waals surface area (Å²) in [6.07, 6.45) is 1.09. The normalized spacial score (nSPS) is 18.3. The summed E-state index contributed by atoms with van der Waals surface area (Å²) in [7, 11) is 0. The van der Waals surface area contributed by atoms with Crippen molar-refractivity contribution in [2.45, 2.75) is 6.92 Å². The molecule has 0 saturated carbocycles. The largest absolute Gasteiger partial charge is 0.227 e. The molecule has 5 heteroatoms. The van der Waals surface area contributed by atoms with Crippen molar-refractivity contribution < 1.29 is 8.87 Å². The maximum absolute atomic E-state index is 12.1. The first kappa shape index (κ1) is 6.00. The molecule has 0 bridgehead atoms. The minimum absolute atomic E-state index is 0.176. The zero-order valence-electron chi connectivity index (χ0n) is 4.73. The number of halogens is 2. The molecule has 0 amide bonds. The van der Waals surface area contributed by atoms with Gasteiger partial charge in [0.25, 0.3) is 0 Å². The highest BCUT2D eigenvalue weighted by atomic mass is 19.2. The predicted molar refractivity (Wildman–Crippen MR) is 28.4 cm³/mol. The molecular weight excluding hydrogens is 128 g/mol. The molecule has 0 radical (unpaired) electrons. The second kappa shape index (κ2) is 2.00. The van der Waals surface area contributed by atoms with E-state index in [1.807, 2.05) is 0 Å². The first-order valence-corrected chi connectivity index (χ1v) is 2.33. The highest BCUT2D eigenvalue weighted by molar-refractivity contribution is 5.93. The molecule has 0 aliphatic carbocycles. The van der Waals surface area contributed by atoms with Gasteiger partial charge in [-0.05, 0) is 12.3 Å². The molecule has 0 atom stereocenters. The predicted octanol–water partition coefficient (Wildman–Crippen LogP) is 0.878. The maximum atomic E-state index is 12.1. The van der Waals surface area contributed by atoms with Gasteiger partial charge in [0, 0.05) is 6.08 Å². The average Bonchev–Trinajstić information content (AvgIpc) is 1.59. The Labute approximate surface area is 50.6 Å². The van der Waals surface area contributed by atoms with Crippen LogP contribution in [0.5, 0.6) is 0 Å². The molecule has 1 N–H and O–H groups in total. The van der Waals surface area contributed by atoms with Crippen molar-refractivity contribution in [3.8, 4) is 0 Å². The average molecular weight is 133 g/mol. The summed E-state index contributed by atoms with van der Waals surface area (Å²) in [5, 5.41) is 3.01. The van der Waals surface area contributed by atoms with Gasteiger partial charge >= 0.3 is 0 Å². The third-order valence-corrected chi connectivity index (χ3v) is 0.780. The Morgan fingerprint density at radius 3 is 2.89 bits per heavy atom. The van der Waals surface area contributed by atoms with Gasteiger partial charge in [-0.3, -0.25) is 0 Å². The summed E-state index contributed by atoms with van der Waals surface area (Å²) in [6, 6.07) is 0. The minimum atomic E-state index is -0.745. The molecule has 1 aliphatic heterocycles. The van der Waals surface area contributed by atoms with Gasteiger partial charge in [0.1, 0.15) is 0 Å². The number of allylic oxidation sites excluding steroid dienone is 1. The molecule has 0 saturated heterocycles. The fourth-order valence-electron chi connectivity index (χ4n) is 0.496. The van der Waals surface area contributed by atoms with E-state index in [0.717, 1.165) is 6.08 Å². The third-order valence-electron chi connectivity index (χ3n) is 0.780. The van der Waals surface area contributed by atoms with Crippen molar-refractivity contribution in [3.63, 3.8) is 0 Å². The van der Waals surface area contributed by atoms with E-state index in [0.29, 0.717) is 0 Å². The van der Waals surface area contributed by atoms with E-state index >= 15 is 0 Å². The van der Waals surface area contributed by atoms with Gasteiger partial charge in [-0.2, -0.15) is 4.39 Å². The summed E-state index contributed by atoms with van der Waals surface area (Å²) in [5.41, 5.74) is 1.97. The Morgan fingerprint density at radius 1 is 1.78 bits per heavy atom. The molecule has 50 valence electrons. The highest BCUT2D eigenvalue weighted by Gasteiger charge is 2.06. The van der Waals surface area contributed by atoms with Gasteiger partial charge in [0.05, 0.1) is 5.71 Å². The lowest BCUT2D eigenvalue weighted by molar-refractivity contribution is -0.0275. The van der Waals surface area contributed by atoms with Crippen LogP contribution in [0.15, 0.2) is 17.1 Å². The lowest BCUT2D eigenvalue weighted by atomic mass is 10.4. The van der Waals surface area contributed by atoms with Crippen LogP contribution < -0.4 is 5.43 Å². The Kier molecular flexibility index (Phi) is 1.33. The molecule has 1 heterocycles. The van der Waals surface area contributed by atoms with Gasteiger partial charge < -0.3 is 0 Å². The Hall–Kier alpha value is -1.13. The lowest BCUT2D eigenvalue weighted by Gasteiger charge is -2.12. The van der Waals surface area contributed by atoms with Crippen molar-refractivity contribution in [2.24, 2.45) is 5.10 Å². The van der Waals surface area contributed by atoms with Crippen LogP contribution in [0.3, 0.4) is 0 Å². The van der Waals surface area contributed by atoms with Crippen LogP contribution in [0, 0.1) is 0 Å². The number of hydrogen-bond donors (Lipinski definition) is 1. The second-order valence-corrected chi connectivity index (χ2v) is 1.61. The molecule has 0 aromatic carbocycles. The fraction of sp³-hybridized carbons (Fsp3) is 0.250. The van der Waals surface area contributed by atoms with Gasteiger partial charge in [-0.1, -0.05) is 4.48 Å². The van der Waals surface area contributed by atoms with Gasteiger partial charge in [0.15, 0.2) is 0 Å². The number of hydrazone groups is 1. The number of nitrogens with zero attached hydrogens (tertiary/aromatic N) is 2. The van der Waals surface area contributed by atoms with Crippen LogP contribution in [0.2, 0.25) is 0 Å². The zero-order chi connectivity index (χ0) is 6.85. The van der Waals surface area contributed by atoms with Crippen molar-refractivity contribution in [2.75, 3.05) is 0 Å². The van der Waals surface area contributed by atoms with E-state index in [4.69, 9.17) is 0 Å². The van der Waals surface area contributed by atoms with Gasteiger partial charge in [-0.25, -0.2) is 5.43 Å². The summed E-state index contributed by atoms with van der Waals surface area (Å²) in [5.74, 6) is -0.745. The first-order valence-electron chi connectivity index (χ1n) is 2.33. The second-order valence-electron chi connectivity index (χ2n) is 1.61.